The molecule has 4 bridgehead atoms. The van der Waals surface area contributed by atoms with Crippen molar-refractivity contribution in [3.8, 4) is 0 Å². The largest absolute Gasteiger partial charge is 0.338 e. The number of carbonyl (C=O) groups excluding carboxylic acids is 2. The summed E-state index contributed by atoms with van der Waals surface area (Å²) in [5.74, 6) is 0.443. The van der Waals surface area contributed by atoms with Gasteiger partial charge in [0, 0.05) is 26.2 Å². The van der Waals surface area contributed by atoms with Crippen molar-refractivity contribution in [1.29, 1.82) is 0 Å². The van der Waals surface area contributed by atoms with E-state index in [9.17, 15) is 9.59 Å². The van der Waals surface area contributed by atoms with Crippen molar-refractivity contribution < 1.29 is 9.59 Å². The van der Waals surface area contributed by atoms with Crippen molar-refractivity contribution in [3.63, 3.8) is 0 Å². The second-order valence-electron chi connectivity index (χ2n) is 8.21. The first-order valence-electron chi connectivity index (χ1n) is 9.58. The van der Waals surface area contributed by atoms with E-state index < -0.39 is 0 Å². The second kappa shape index (κ2) is 5.57. The Morgan fingerprint density at radius 2 is 1.19 bits per heavy atom. The van der Waals surface area contributed by atoms with E-state index in [-0.39, 0.29) is 35.5 Å². The smallest absolute Gasteiger partial charge is 0.231 e. The van der Waals surface area contributed by atoms with Gasteiger partial charge in [-0.3, -0.25) is 9.59 Å². The lowest BCUT2D eigenvalue weighted by Gasteiger charge is -2.48. The Hall–Kier alpha value is -2.36. The van der Waals surface area contributed by atoms with Crippen molar-refractivity contribution in [2.24, 2.45) is 11.8 Å². The van der Waals surface area contributed by atoms with Gasteiger partial charge >= 0.3 is 0 Å². The third-order valence-electron chi connectivity index (χ3n) is 6.88. The van der Waals surface area contributed by atoms with Crippen molar-refractivity contribution in [1.82, 2.24) is 9.80 Å². The number of fused-ring (bicyclic) bond motifs is 6. The lowest BCUT2D eigenvalue weighted by Crippen LogP contribution is -2.53. The summed E-state index contributed by atoms with van der Waals surface area (Å²) >= 11 is 0. The van der Waals surface area contributed by atoms with E-state index in [1.807, 2.05) is 21.9 Å². The van der Waals surface area contributed by atoms with Gasteiger partial charge in [0.05, 0.1) is 11.8 Å². The molecule has 2 amide bonds. The van der Waals surface area contributed by atoms with Gasteiger partial charge in [0.1, 0.15) is 0 Å². The van der Waals surface area contributed by atoms with E-state index in [0.717, 1.165) is 48.2 Å². The van der Waals surface area contributed by atoms with Crippen molar-refractivity contribution in [2.45, 2.75) is 24.7 Å². The minimum absolute atomic E-state index is 0.183. The van der Waals surface area contributed by atoms with Crippen molar-refractivity contribution in [2.75, 3.05) is 26.2 Å². The highest BCUT2D eigenvalue weighted by Crippen LogP contribution is 2.48. The molecule has 7 rings (SSSR count). The average Bonchev–Trinajstić information content (AvgIpc) is 2.64. The lowest BCUT2D eigenvalue weighted by molar-refractivity contribution is -0.140. The monoisotopic (exact) mass is 348 g/mol. The predicted octanol–water partition coefficient (Wildman–Crippen LogP) is 2.69. The SMILES string of the molecule is C=C1CN2CCC1C(c1ccccc1C1C(=O)N3CCC1C(=C)C3)C2=O. The number of hydrogen-bond acceptors (Lipinski definition) is 2. The molecule has 134 valence electrons. The Morgan fingerprint density at radius 3 is 1.58 bits per heavy atom. The zero-order valence-corrected chi connectivity index (χ0v) is 15.0. The van der Waals surface area contributed by atoms with Crippen LogP contribution in [0.25, 0.3) is 0 Å². The molecule has 0 saturated carbocycles. The molecule has 4 atom stereocenters. The molecule has 1 aromatic carbocycles. The summed E-state index contributed by atoms with van der Waals surface area (Å²) in [6.45, 7) is 11.5. The van der Waals surface area contributed by atoms with E-state index in [4.69, 9.17) is 0 Å². The molecule has 6 aliphatic heterocycles. The number of carbonyl (C=O) groups is 2. The highest BCUT2D eigenvalue weighted by atomic mass is 16.2. The highest BCUT2D eigenvalue weighted by molar-refractivity contribution is 5.91. The van der Waals surface area contributed by atoms with Gasteiger partial charge in [-0.2, -0.15) is 0 Å². The minimum atomic E-state index is -0.183. The van der Waals surface area contributed by atoms with Crippen molar-refractivity contribution in [3.05, 3.63) is 59.7 Å². The molecule has 4 nitrogen and oxygen atoms in total. The lowest BCUT2D eigenvalue weighted by atomic mass is 9.67. The van der Waals surface area contributed by atoms with E-state index >= 15 is 0 Å². The van der Waals surface area contributed by atoms with Crippen LogP contribution in [-0.2, 0) is 9.59 Å². The van der Waals surface area contributed by atoms with Crippen LogP contribution in [0.1, 0.15) is 35.8 Å². The summed E-state index contributed by atoms with van der Waals surface area (Å²) in [6, 6.07) is 8.10. The molecule has 26 heavy (non-hydrogen) atoms. The zero-order chi connectivity index (χ0) is 18.0. The molecule has 6 heterocycles. The highest BCUT2D eigenvalue weighted by Gasteiger charge is 2.48. The van der Waals surface area contributed by atoms with Crippen LogP contribution in [0, 0.1) is 11.8 Å². The number of piperidine rings is 6. The van der Waals surface area contributed by atoms with Crippen LogP contribution in [0.3, 0.4) is 0 Å². The summed E-state index contributed by atoms with van der Waals surface area (Å²) in [4.78, 5) is 30.0. The van der Waals surface area contributed by atoms with Crippen LogP contribution in [0.2, 0.25) is 0 Å². The first-order valence-corrected chi connectivity index (χ1v) is 9.58. The molecule has 4 unspecified atom stereocenters. The third kappa shape index (κ3) is 2.08. The first kappa shape index (κ1) is 15.9. The van der Waals surface area contributed by atoms with Crippen molar-refractivity contribution >= 4 is 11.8 Å². The van der Waals surface area contributed by atoms with Crippen LogP contribution in [0.5, 0.6) is 0 Å². The molecule has 0 N–H and O–H groups in total. The molecule has 6 aliphatic rings. The van der Waals surface area contributed by atoms with E-state index in [2.05, 4.69) is 25.3 Å². The number of nitrogens with zero attached hydrogens (tertiary/aromatic N) is 2. The summed E-state index contributed by atoms with van der Waals surface area (Å²) in [5, 5.41) is 0. The van der Waals surface area contributed by atoms with Crippen LogP contribution in [0.15, 0.2) is 48.6 Å². The summed E-state index contributed by atoms with van der Waals surface area (Å²) in [5.41, 5.74) is 4.38. The maximum Gasteiger partial charge on any atom is 0.231 e. The minimum Gasteiger partial charge on any atom is -0.338 e. The normalized spacial score (nSPS) is 33.4. The van der Waals surface area contributed by atoms with Gasteiger partial charge < -0.3 is 9.80 Å². The fourth-order valence-corrected chi connectivity index (χ4v) is 5.58. The van der Waals surface area contributed by atoms with Gasteiger partial charge in [0.2, 0.25) is 11.8 Å². The van der Waals surface area contributed by atoms with E-state index in [1.54, 1.807) is 0 Å². The third-order valence-corrected chi connectivity index (χ3v) is 6.88. The van der Waals surface area contributed by atoms with Gasteiger partial charge in [-0.05, 0) is 35.8 Å². The van der Waals surface area contributed by atoms with Gasteiger partial charge in [0.25, 0.3) is 0 Å². The van der Waals surface area contributed by atoms with E-state index in [1.165, 1.54) is 0 Å². The van der Waals surface area contributed by atoms with Crippen LogP contribution in [0.4, 0.5) is 0 Å². The number of rotatable bonds is 2. The Morgan fingerprint density at radius 1 is 0.769 bits per heavy atom. The molecule has 0 aliphatic carbocycles. The van der Waals surface area contributed by atoms with Crippen LogP contribution >= 0.6 is 0 Å². The number of amides is 2. The molecule has 6 saturated heterocycles. The first-order chi connectivity index (χ1) is 12.6. The maximum absolute atomic E-state index is 13.0. The molecule has 6 fully saturated rings. The average molecular weight is 348 g/mol. The number of benzene rings is 1. The number of hydrogen-bond donors (Lipinski definition) is 0. The Kier molecular flexibility index (Phi) is 3.40. The van der Waals surface area contributed by atoms with Crippen LogP contribution in [-0.4, -0.2) is 47.8 Å². The van der Waals surface area contributed by atoms with Gasteiger partial charge in [-0.15, -0.1) is 0 Å². The molecular formula is C22H24N2O2. The molecule has 1 aromatic rings. The fourth-order valence-electron chi connectivity index (χ4n) is 5.58. The van der Waals surface area contributed by atoms with E-state index in [0.29, 0.717) is 13.1 Å². The predicted molar refractivity (Wildman–Crippen MR) is 99.6 cm³/mol. The molecule has 0 aromatic heterocycles. The fraction of sp³-hybridized carbons (Fsp3) is 0.455. The Bertz CT molecular complexity index is 773. The molecular weight excluding hydrogens is 324 g/mol. The molecule has 0 spiro atoms. The maximum atomic E-state index is 13.0. The summed E-state index contributed by atoms with van der Waals surface area (Å²) in [6.07, 6.45) is 1.95. The topological polar surface area (TPSA) is 40.6 Å². The van der Waals surface area contributed by atoms with Gasteiger partial charge in [0.15, 0.2) is 0 Å². The summed E-state index contributed by atoms with van der Waals surface area (Å²) in [7, 11) is 0. The standard InChI is InChI=1S/C22H24N2O2/c1-13-11-23-9-7-15(13)19(21(23)25)17-5-3-4-6-18(17)20-16-8-10-24(22(20)26)12-14(16)2/h3-6,15-16,19-20H,1-2,7-12H2. The van der Waals surface area contributed by atoms with Crippen LogP contribution < -0.4 is 0 Å². The zero-order valence-electron chi connectivity index (χ0n) is 15.0. The second-order valence-corrected chi connectivity index (χ2v) is 8.21. The summed E-state index contributed by atoms with van der Waals surface area (Å²) < 4.78 is 0. The quantitative estimate of drug-likeness (QED) is 0.771. The van der Waals surface area contributed by atoms with Gasteiger partial charge in [-0.1, -0.05) is 48.6 Å². The van der Waals surface area contributed by atoms with Gasteiger partial charge in [-0.25, -0.2) is 0 Å². The molecule has 4 heteroatoms. The molecule has 0 radical (unpaired) electrons. The Balaban J connectivity index is 1.60. The Labute approximate surface area is 154 Å².